The van der Waals surface area contributed by atoms with Crippen LogP contribution in [0.25, 0.3) is 16.6 Å². The Hall–Kier alpha value is -3.13. The van der Waals surface area contributed by atoms with E-state index in [1.54, 1.807) is 24.3 Å². The molecule has 0 aliphatic carbocycles. The van der Waals surface area contributed by atoms with Gasteiger partial charge in [0.15, 0.2) is 0 Å². The molecule has 2 aromatic carbocycles. The van der Waals surface area contributed by atoms with Crippen molar-refractivity contribution in [3.8, 4) is 5.69 Å². The average molecular weight is 495 g/mol. The molecule has 5 rings (SSSR count). The van der Waals surface area contributed by atoms with Crippen molar-refractivity contribution >= 4 is 51.3 Å². The summed E-state index contributed by atoms with van der Waals surface area (Å²) in [4.78, 5) is 24.3. The molecule has 1 fully saturated rings. The number of piperidine rings is 1. The van der Waals surface area contributed by atoms with Crippen molar-refractivity contribution < 1.29 is 0 Å². The van der Waals surface area contributed by atoms with Gasteiger partial charge in [0.2, 0.25) is 0 Å². The smallest absolute Gasteiger partial charge is 0.267 e. The Bertz CT molecular complexity index is 1360. The van der Waals surface area contributed by atoms with Crippen LogP contribution in [-0.2, 0) is 0 Å². The predicted octanol–water partition coefficient (Wildman–Crippen LogP) is 5.01. The lowest BCUT2D eigenvalue weighted by Gasteiger charge is -2.33. The summed E-state index contributed by atoms with van der Waals surface area (Å²) < 4.78 is 1.34. The van der Waals surface area contributed by atoms with Crippen molar-refractivity contribution in [1.82, 2.24) is 14.5 Å². The molecule has 0 radical (unpaired) electrons. The van der Waals surface area contributed by atoms with E-state index in [0.717, 1.165) is 38.2 Å². The number of fused-ring (bicyclic) bond motifs is 1. The van der Waals surface area contributed by atoms with E-state index in [0.29, 0.717) is 38.4 Å². The maximum atomic E-state index is 13.1. The number of nitrogens with one attached hydrogen (secondary N) is 1. The number of para-hydroxylation sites is 1. The zero-order valence-corrected chi connectivity index (χ0v) is 19.9. The zero-order chi connectivity index (χ0) is 23.7. The second-order valence-electron chi connectivity index (χ2n) is 8.41. The van der Waals surface area contributed by atoms with Crippen molar-refractivity contribution in [2.45, 2.75) is 12.8 Å². The molecular weight excluding hydrogens is 471 g/mol. The number of nitrogens with zero attached hydrogens (tertiary/aromatic N) is 4. The first-order valence-corrected chi connectivity index (χ1v) is 11.9. The third-order valence-electron chi connectivity index (χ3n) is 6.27. The lowest BCUT2D eigenvalue weighted by molar-refractivity contribution is 0.414. The number of aromatic nitrogens is 3. The van der Waals surface area contributed by atoms with Crippen molar-refractivity contribution in [3.63, 3.8) is 0 Å². The second kappa shape index (κ2) is 9.62. The molecule has 1 aliphatic rings. The van der Waals surface area contributed by atoms with Crippen LogP contribution in [0.4, 0.5) is 17.2 Å². The van der Waals surface area contributed by atoms with Crippen molar-refractivity contribution in [3.05, 3.63) is 81.5 Å². The minimum absolute atomic E-state index is 0.290. The van der Waals surface area contributed by atoms with Crippen LogP contribution >= 0.6 is 23.2 Å². The third kappa shape index (κ3) is 4.46. The fourth-order valence-corrected chi connectivity index (χ4v) is 4.88. The molecule has 2 aromatic heterocycles. The van der Waals surface area contributed by atoms with Crippen LogP contribution in [0, 0.1) is 5.92 Å². The monoisotopic (exact) mass is 494 g/mol. The number of hydrogen-bond donors (Lipinski definition) is 2. The minimum Gasteiger partial charge on any atom is -0.372 e. The minimum atomic E-state index is -0.290. The maximum absolute atomic E-state index is 13.1. The summed E-state index contributed by atoms with van der Waals surface area (Å²) in [6.45, 7) is 2.83. The molecule has 1 aliphatic heterocycles. The molecule has 4 aromatic rings. The highest BCUT2D eigenvalue weighted by molar-refractivity contribution is 6.37. The fraction of sp³-hybridized carbons (Fsp3) is 0.240. The molecule has 0 spiro atoms. The van der Waals surface area contributed by atoms with Crippen molar-refractivity contribution in [2.24, 2.45) is 11.7 Å². The van der Waals surface area contributed by atoms with Gasteiger partial charge < -0.3 is 16.0 Å². The normalized spacial score (nSPS) is 14.5. The second-order valence-corrected chi connectivity index (χ2v) is 9.23. The van der Waals surface area contributed by atoms with Gasteiger partial charge in [-0.1, -0.05) is 29.3 Å². The SMILES string of the molecule is NCC1CCN(c2ccc(Nc3cc4ncn(-c5c(Cl)cccc5Cl)c(=O)c4cn3)cc2)CC1. The number of halogens is 2. The number of hydrogen-bond acceptors (Lipinski definition) is 6. The van der Waals surface area contributed by atoms with E-state index in [1.807, 2.05) is 12.1 Å². The molecule has 0 atom stereocenters. The Kier molecular flexibility index (Phi) is 6.41. The number of benzene rings is 2. The summed E-state index contributed by atoms with van der Waals surface area (Å²) in [5.41, 5.74) is 8.55. The summed E-state index contributed by atoms with van der Waals surface area (Å²) >= 11 is 12.5. The van der Waals surface area contributed by atoms with Crippen LogP contribution in [0.5, 0.6) is 0 Å². The highest BCUT2D eigenvalue weighted by atomic mass is 35.5. The van der Waals surface area contributed by atoms with Crippen LogP contribution in [0.3, 0.4) is 0 Å². The van der Waals surface area contributed by atoms with Crippen LogP contribution in [0.15, 0.2) is 65.8 Å². The van der Waals surface area contributed by atoms with Gasteiger partial charge in [-0.15, -0.1) is 0 Å². The molecular formula is C25H24Cl2N6O. The van der Waals surface area contributed by atoms with E-state index in [4.69, 9.17) is 28.9 Å². The maximum Gasteiger partial charge on any atom is 0.267 e. The van der Waals surface area contributed by atoms with Gasteiger partial charge in [0.25, 0.3) is 5.56 Å². The van der Waals surface area contributed by atoms with E-state index in [9.17, 15) is 4.79 Å². The molecule has 0 unspecified atom stereocenters. The third-order valence-corrected chi connectivity index (χ3v) is 6.88. The molecule has 174 valence electrons. The molecule has 7 nitrogen and oxygen atoms in total. The summed E-state index contributed by atoms with van der Waals surface area (Å²) in [5, 5.41) is 4.40. The van der Waals surface area contributed by atoms with Crippen LogP contribution in [-0.4, -0.2) is 34.2 Å². The van der Waals surface area contributed by atoms with Crippen molar-refractivity contribution in [1.29, 1.82) is 0 Å². The number of nitrogens with two attached hydrogens (primary N) is 1. The number of anilines is 3. The first kappa shape index (κ1) is 22.7. The van der Waals surface area contributed by atoms with Crippen molar-refractivity contribution in [2.75, 3.05) is 29.9 Å². The largest absolute Gasteiger partial charge is 0.372 e. The molecule has 0 amide bonds. The predicted molar refractivity (Wildman–Crippen MR) is 139 cm³/mol. The summed E-state index contributed by atoms with van der Waals surface area (Å²) in [6, 6.07) is 15.1. The van der Waals surface area contributed by atoms with Gasteiger partial charge in [0.1, 0.15) is 12.1 Å². The summed E-state index contributed by atoms with van der Waals surface area (Å²) in [6.07, 6.45) is 5.22. The van der Waals surface area contributed by atoms with Gasteiger partial charge in [-0.2, -0.15) is 0 Å². The highest BCUT2D eigenvalue weighted by Gasteiger charge is 2.18. The Balaban J connectivity index is 1.36. The van der Waals surface area contributed by atoms with Gasteiger partial charge in [-0.25, -0.2) is 9.97 Å². The van der Waals surface area contributed by atoms with Crippen LogP contribution in [0.2, 0.25) is 10.0 Å². The molecule has 3 N–H and O–H groups in total. The number of rotatable bonds is 5. The van der Waals surface area contributed by atoms with Gasteiger partial charge in [0.05, 0.1) is 26.6 Å². The van der Waals surface area contributed by atoms with Crippen LogP contribution in [0.1, 0.15) is 12.8 Å². The molecule has 3 heterocycles. The fourth-order valence-electron chi connectivity index (χ4n) is 4.30. The molecule has 34 heavy (non-hydrogen) atoms. The lowest BCUT2D eigenvalue weighted by Crippen LogP contribution is -2.35. The first-order valence-electron chi connectivity index (χ1n) is 11.2. The molecule has 1 saturated heterocycles. The standard InChI is InChI=1S/C25H24Cl2N6O/c26-20-2-1-3-21(27)24(20)33-15-30-22-12-23(29-14-19(22)25(33)34)31-17-4-6-18(7-5-17)32-10-8-16(13-28)9-11-32/h1-7,12,14-16H,8-11,13,28H2,(H,29,31). The van der Waals surface area contributed by atoms with E-state index in [1.165, 1.54) is 22.8 Å². The van der Waals surface area contributed by atoms with E-state index in [-0.39, 0.29) is 5.56 Å². The van der Waals surface area contributed by atoms with E-state index >= 15 is 0 Å². The van der Waals surface area contributed by atoms with Crippen LogP contribution < -0.4 is 21.5 Å². The molecule has 0 saturated carbocycles. The molecule has 9 heteroatoms. The quantitative estimate of drug-likeness (QED) is 0.405. The Morgan fingerprint density at radius 3 is 2.41 bits per heavy atom. The Labute approximate surface area is 207 Å². The number of pyridine rings is 1. The van der Waals surface area contributed by atoms with Gasteiger partial charge in [-0.3, -0.25) is 9.36 Å². The summed E-state index contributed by atoms with van der Waals surface area (Å²) in [5.74, 6) is 1.24. The van der Waals surface area contributed by atoms with Gasteiger partial charge in [0, 0.05) is 36.7 Å². The highest BCUT2D eigenvalue weighted by Crippen LogP contribution is 2.28. The topological polar surface area (TPSA) is 89.1 Å². The zero-order valence-electron chi connectivity index (χ0n) is 18.4. The lowest BCUT2D eigenvalue weighted by atomic mass is 9.97. The Morgan fingerprint density at radius 2 is 1.74 bits per heavy atom. The Morgan fingerprint density at radius 1 is 1.03 bits per heavy atom. The molecule has 0 bridgehead atoms. The first-order chi connectivity index (χ1) is 16.5. The van der Waals surface area contributed by atoms with Gasteiger partial charge >= 0.3 is 0 Å². The van der Waals surface area contributed by atoms with Gasteiger partial charge in [-0.05, 0) is 61.7 Å². The average Bonchev–Trinajstić information content (AvgIpc) is 2.86. The summed E-state index contributed by atoms with van der Waals surface area (Å²) in [7, 11) is 0. The van der Waals surface area contributed by atoms with E-state index < -0.39 is 0 Å². The van der Waals surface area contributed by atoms with E-state index in [2.05, 4.69) is 32.3 Å².